The average Bonchev–Trinajstić information content (AvgIpc) is 2.93. The maximum atomic E-state index is 12.4. The third-order valence-corrected chi connectivity index (χ3v) is 4.35. The van der Waals surface area contributed by atoms with E-state index in [4.69, 9.17) is 4.74 Å². The second-order valence-corrected chi connectivity index (χ2v) is 6.45. The van der Waals surface area contributed by atoms with Crippen LogP contribution in [0, 0.1) is 13.8 Å². The molecule has 0 aliphatic heterocycles. The Morgan fingerprint density at radius 2 is 1.88 bits per heavy atom. The molecule has 0 radical (unpaired) electrons. The lowest BCUT2D eigenvalue weighted by Crippen LogP contribution is -2.28. The van der Waals surface area contributed by atoms with Crippen molar-refractivity contribution < 1.29 is 14.3 Å². The number of esters is 1. The van der Waals surface area contributed by atoms with Crippen molar-refractivity contribution >= 4 is 11.9 Å². The van der Waals surface area contributed by atoms with Gasteiger partial charge >= 0.3 is 5.97 Å². The maximum Gasteiger partial charge on any atom is 0.339 e. The highest BCUT2D eigenvalue weighted by Gasteiger charge is 2.22. The normalized spacial score (nSPS) is 10.8. The summed E-state index contributed by atoms with van der Waals surface area (Å²) >= 11 is 0. The molecule has 2 N–H and O–H groups in total. The summed E-state index contributed by atoms with van der Waals surface area (Å²) < 4.78 is 4.77. The molecule has 1 heterocycles. The standard InChI is InChI=1S/C20H27N3O3/c1-14-17(20(25)26-4)15(2)22-18(14)19(24)21-11-8-12-23(3)13-16-9-6-5-7-10-16/h5-7,9-10,22H,8,11-13H2,1-4H3,(H,21,24). The zero-order valence-electron chi connectivity index (χ0n) is 15.9. The lowest BCUT2D eigenvalue weighted by Gasteiger charge is -2.16. The molecule has 6 nitrogen and oxygen atoms in total. The molecule has 0 aliphatic carbocycles. The molecule has 0 unspecified atom stereocenters. The molecule has 0 aliphatic rings. The van der Waals surface area contributed by atoms with Gasteiger partial charge in [0.15, 0.2) is 0 Å². The monoisotopic (exact) mass is 357 g/mol. The summed E-state index contributed by atoms with van der Waals surface area (Å²) in [5.41, 5.74) is 3.38. The fraction of sp³-hybridized carbons (Fsp3) is 0.400. The van der Waals surface area contributed by atoms with E-state index in [9.17, 15) is 9.59 Å². The zero-order valence-corrected chi connectivity index (χ0v) is 15.9. The van der Waals surface area contributed by atoms with Crippen molar-refractivity contribution in [2.24, 2.45) is 0 Å². The Morgan fingerprint density at radius 1 is 1.19 bits per heavy atom. The van der Waals surface area contributed by atoms with Crippen molar-refractivity contribution in [2.45, 2.75) is 26.8 Å². The third-order valence-electron chi connectivity index (χ3n) is 4.35. The Balaban J connectivity index is 1.81. The van der Waals surface area contributed by atoms with Gasteiger partial charge in [-0.15, -0.1) is 0 Å². The van der Waals surface area contributed by atoms with Gasteiger partial charge in [0.05, 0.1) is 12.7 Å². The number of carbonyl (C=O) groups is 2. The third kappa shape index (κ3) is 4.95. The number of amides is 1. The van der Waals surface area contributed by atoms with Gasteiger partial charge in [0.2, 0.25) is 0 Å². The van der Waals surface area contributed by atoms with E-state index in [1.54, 1.807) is 13.8 Å². The fourth-order valence-corrected chi connectivity index (χ4v) is 3.00. The van der Waals surface area contributed by atoms with Crippen LogP contribution < -0.4 is 5.32 Å². The van der Waals surface area contributed by atoms with Gasteiger partial charge in [-0.05, 0) is 45.0 Å². The Morgan fingerprint density at radius 3 is 2.54 bits per heavy atom. The summed E-state index contributed by atoms with van der Waals surface area (Å²) in [4.78, 5) is 29.4. The minimum absolute atomic E-state index is 0.202. The van der Waals surface area contributed by atoms with Gasteiger partial charge in [-0.1, -0.05) is 30.3 Å². The van der Waals surface area contributed by atoms with Crippen LogP contribution in [0.15, 0.2) is 30.3 Å². The summed E-state index contributed by atoms with van der Waals surface area (Å²) in [7, 11) is 3.40. The number of hydrogen-bond donors (Lipinski definition) is 2. The Labute approximate surface area is 154 Å². The van der Waals surface area contributed by atoms with E-state index in [0.717, 1.165) is 19.5 Å². The molecule has 2 aromatic rings. The number of aromatic nitrogens is 1. The molecular formula is C20H27N3O3. The summed E-state index contributed by atoms with van der Waals surface area (Å²) in [6, 6.07) is 10.3. The van der Waals surface area contributed by atoms with Crippen LogP contribution in [0.1, 0.15) is 44.1 Å². The molecule has 1 aromatic carbocycles. The number of H-pyrrole nitrogens is 1. The van der Waals surface area contributed by atoms with E-state index >= 15 is 0 Å². The van der Waals surface area contributed by atoms with Crippen LogP contribution in [0.25, 0.3) is 0 Å². The number of ether oxygens (including phenoxy) is 1. The van der Waals surface area contributed by atoms with Gasteiger partial charge in [-0.25, -0.2) is 4.79 Å². The van der Waals surface area contributed by atoms with Crippen LogP contribution in [0.5, 0.6) is 0 Å². The van der Waals surface area contributed by atoms with Crippen LogP contribution in [0.2, 0.25) is 0 Å². The fourth-order valence-electron chi connectivity index (χ4n) is 3.00. The first-order chi connectivity index (χ1) is 12.4. The Bertz CT molecular complexity index is 753. The second kappa shape index (κ2) is 9.20. The van der Waals surface area contributed by atoms with Crippen molar-refractivity contribution in [3.8, 4) is 0 Å². The summed E-state index contributed by atoms with van der Waals surface area (Å²) in [5.74, 6) is -0.635. The number of hydrogen-bond acceptors (Lipinski definition) is 4. The molecule has 140 valence electrons. The molecular weight excluding hydrogens is 330 g/mol. The van der Waals surface area contributed by atoms with Crippen LogP contribution >= 0.6 is 0 Å². The van der Waals surface area contributed by atoms with Gasteiger partial charge in [0.25, 0.3) is 5.91 Å². The van der Waals surface area contributed by atoms with Gasteiger partial charge in [0.1, 0.15) is 5.69 Å². The number of nitrogens with zero attached hydrogens (tertiary/aromatic N) is 1. The second-order valence-electron chi connectivity index (χ2n) is 6.45. The van der Waals surface area contributed by atoms with Crippen molar-refractivity contribution in [1.29, 1.82) is 0 Å². The number of nitrogens with one attached hydrogen (secondary N) is 2. The quantitative estimate of drug-likeness (QED) is 0.563. The van der Waals surface area contributed by atoms with Gasteiger partial charge in [-0.3, -0.25) is 4.79 Å². The van der Waals surface area contributed by atoms with E-state index in [1.807, 2.05) is 18.2 Å². The minimum Gasteiger partial charge on any atom is -0.465 e. The number of aryl methyl sites for hydroxylation is 1. The summed E-state index contributed by atoms with van der Waals surface area (Å²) in [6.45, 7) is 5.84. The van der Waals surface area contributed by atoms with E-state index in [2.05, 4.69) is 34.4 Å². The first kappa shape index (κ1) is 19.7. The highest BCUT2D eigenvalue weighted by Crippen LogP contribution is 2.18. The highest BCUT2D eigenvalue weighted by atomic mass is 16.5. The summed E-state index contributed by atoms with van der Waals surface area (Å²) in [6.07, 6.45) is 0.845. The number of methoxy groups -OCH3 is 1. The highest BCUT2D eigenvalue weighted by molar-refractivity contribution is 6.00. The van der Waals surface area contributed by atoms with Crippen molar-refractivity contribution in [3.63, 3.8) is 0 Å². The first-order valence-electron chi connectivity index (χ1n) is 8.72. The molecule has 0 spiro atoms. The number of benzene rings is 1. The Kier molecular flexibility index (Phi) is 6.97. The van der Waals surface area contributed by atoms with Gasteiger partial charge in [-0.2, -0.15) is 0 Å². The lowest BCUT2D eigenvalue weighted by molar-refractivity contribution is 0.0599. The molecule has 0 fully saturated rings. The van der Waals surface area contributed by atoms with E-state index < -0.39 is 5.97 Å². The average molecular weight is 357 g/mol. The number of carbonyl (C=O) groups excluding carboxylic acids is 2. The minimum atomic E-state index is -0.433. The molecule has 1 amide bonds. The molecule has 0 saturated heterocycles. The SMILES string of the molecule is COC(=O)c1c(C)[nH]c(C(=O)NCCCN(C)Cc2ccccc2)c1C. The van der Waals surface area contributed by atoms with Crippen LogP contribution in [-0.2, 0) is 11.3 Å². The van der Waals surface area contributed by atoms with Crippen molar-refractivity contribution in [2.75, 3.05) is 27.2 Å². The molecule has 1 aromatic heterocycles. The molecule has 0 bridgehead atoms. The van der Waals surface area contributed by atoms with Crippen molar-refractivity contribution in [3.05, 3.63) is 58.4 Å². The smallest absolute Gasteiger partial charge is 0.339 e. The molecule has 6 heteroatoms. The first-order valence-corrected chi connectivity index (χ1v) is 8.72. The lowest BCUT2D eigenvalue weighted by atomic mass is 10.1. The van der Waals surface area contributed by atoms with Crippen molar-refractivity contribution in [1.82, 2.24) is 15.2 Å². The molecule has 26 heavy (non-hydrogen) atoms. The topological polar surface area (TPSA) is 74.4 Å². The van der Waals surface area contributed by atoms with E-state index in [-0.39, 0.29) is 5.91 Å². The van der Waals surface area contributed by atoms with E-state index in [1.165, 1.54) is 12.7 Å². The summed E-state index contributed by atoms with van der Waals surface area (Å²) in [5, 5.41) is 2.91. The molecule has 0 atom stereocenters. The van der Waals surface area contributed by atoms with Crippen LogP contribution in [0.4, 0.5) is 0 Å². The van der Waals surface area contributed by atoms with Crippen LogP contribution in [-0.4, -0.2) is 49.0 Å². The predicted octanol–water partition coefficient (Wildman–Crippen LogP) is 2.67. The Hall–Kier alpha value is -2.60. The number of rotatable bonds is 8. The van der Waals surface area contributed by atoms with Gasteiger partial charge in [0, 0.05) is 18.8 Å². The maximum absolute atomic E-state index is 12.4. The zero-order chi connectivity index (χ0) is 19.1. The van der Waals surface area contributed by atoms with Gasteiger partial charge < -0.3 is 19.9 Å². The molecule has 2 rings (SSSR count). The predicted molar refractivity (Wildman–Crippen MR) is 101 cm³/mol. The number of aromatic amines is 1. The van der Waals surface area contributed by atoms with E-state index in [0.29, 0.717) is 29.1 Å². The largest absolute Gasteiger partial charge is 0.465 e. The van der Waals surface area contributed by atoms with Crippen LogP contribution in [0.3, 0.4) is 0 Å². The molecule has 0 saturated carbocycles.